The Kier molecular flexibility index (Phi) is 4.11. The van der Waals surface area contributed by atoms with Crippen molar-refractivity contribution in [2.24, 2.45) is 0 Å². The number of carbonyl (C=O) groups excluding carboxylic acids is 1. The third kappa shape index (κ3) is 3.08. The van der Waals surface area contributed by atoms with Crippen molar-refractivity contribution >= 4 is 43.5 Å². The van der Waals surface area contributed by atoms with Crippen LogP contribution in [0, 0.1) is 0 Å². The first-order chi connectivity index (χ1) is 8.99. The average Bonchev–Trinajstić information content (AvgIpc) is 2.36. The van der Waals surface area contributed by atoms with E-state index in [0.29, 0.717) is 14.6 Å². The van der Waals surface area contributed by atoms with Gasteiger partial charge in [0.1, 0.15) is 11.5 Å². The normalized spacial score (nSPS) is 10.2. The predicted octanol–water partition coefficient (Wildman–Crippen LogP) is 3.88. The van der Waals surface area contributed by atoms with Crippen molar-refractivity contribution in [3.05, 3.63) is 50.9 Å². The molecule has 0 saturated heterocycles. The minimum atomic E-state index is -0.428. The number of nitrogens with one attached hydrogen (secondary N) is 1. The van der Waals surface area contributed by atoms with Crippen LogP contribution < -0.4 is 5.32 Å². The lowest BCUT2D eigenvalue weighted by Gasteiger charge is -2.09. The van der Waals surface area contributed by atoms with Crippen molar-refractivity contribution in [3.8, 4) is 11.5 Å². The monoisotopic (exact) mass is 385 g/mol. The largest absolute Gasteiger partial charge is 0.507 e. The Labute approximate surface area is 126 Å². The van der Waals surface area contributed by atoms with Crippen LogP contribution in [0.3, 0.4) is 0 Å². The third-order valence-corrected chi connectivity index (χ3v) is 3.63. The minimum absolute atomic E-state index is 0.0561. The van der Waals surface area contributed by atoms with Gasteiger partial charge < -0.3 is 15.5 Å². The van der Waals surface area contributed by atoms with Crippen molar-refractivity contribution < 1.29 is 15.0 Å². The lowest BCUT2D eigenvalue weighted by Crippen LogP contribution is -2.12. The van der Waals surface area contributed by atoms with Gasteiger partial charge in [-0.15, -0.1) is 0 Å². The van der Waals surface area contributed by atoms with Gasteiger partial charge in [0, 0.05) is 5.69 Å². The summed E-state index contributed by atoms with van der Waals surface area (Å²) >= 11 is 6.35. The van der Waals surface area contributed by atoms with Crippen molar-refractivity contribution in [1.29, 1.82) is 0 Å². The molecule has 0 bridgehead atoms. The number of hydrogen-bond acceptors (Lipinski definition) is 3. The molecule has 0 atom stereocenters. The van der Waals surface area contributed by atoms with Gasteiger partial charge in [-0.1, -0.05) is 12.1 Å². The Morgan fingerprint density at radius 1 is 1.05 bits per heavy atom. The average molecular weight is 387 g/mol. The Morgan fingerprint density at radius 2 is 1.63 bits per heavy atom. The van der Waals surface area contributed by atoms with Crippen LogP contribution in [-0.2, 0) is 0 Å². The molecular weight excluding hydrogens is 378 g/mol. The molecule has 98 valence electrons. The number of amides is 1. The molecule has 0 aromatic heterocycles. The number of halogens is 2. The summed E-state index contributed by atoms with van der Waals surface area (Å²) < 4.78 is 0.906. The maximum atomic E-state index is 12.0. The van der Waals surface area contributed by atoms with Crippen LogP contribution in [0.5, 0.6) is 11.5 Å². The summed E-state index contributed by atoms with van der Waals surface area (Å²) in [6.45, 7) is 0. The summed E-state index contributed by atoms with van der Waals surface area (Å²) in [5.74, 6) is -0.458. The molecule has 19 heavy (non-hydrogen) atoms. The predicted molar refractivity (Wildman–Crippen MR) is 79.6 cm³/mol. The standard InChI is InChI=1S/C13H9Br2NO3/c14-9-5-7(6-10(15)12(9)18)16-13(19)8-3-1-2-4-11(8)17/h1-6,17-18H,(H,16,19). The molecule has 0 aliphatic rings. The summed E-state index contributed by atoms with van der Waals surface area (Å²) in [4.78, 5) is 12.0. The molecule has 0 saturated carbocycles. The second-order valence-corrected chi connectivity index (χ2v) is 5.47. The number of rotatable bonds is 2. The quantitative estimate of drug-likeness (QED) is 0.686. The number of aromatic hydroxyl groups is 2. The van der Waals surface area contributed by atoms with E-state index in [-0.39, 0.29) is 17.1 Å². The fraction of sp³-hybridized carbons (Fsp3) is 0. The summed E-state index contributed by atoms with van der Waals surface area (Å²) in [6.07, 6.45) is 0. The van der Waals surface area contributed by atoms with E-state index < -0.39 is 5.91 Å². The molecule has 0 unspecified atom stereocenters. The first-order valence-corrected chi connectivity index (χ1v) is 6.85. The summed E-state index contributed by atoms with van der Waals surface area (Å²) in [6, 6.07) is 9.40. The van der Waals surface area contributed by atoms with Gasteiger partial charge in [-0.05, 0) is 56.1 Å². The maximum Gasteiger partial charge on any atom is 0.259 e. The summed E-state index contributed by atoms with van der Waals surface area (Å²) in [7, 11) is 0. The van der Waals surface area contributed by atoms with Gasteiger partial charge >= 0.3 is 0 Å². The molecule has 4 nitrogen and oxygen atoms in total. The lowest BCUT2D eigenvalue weighted by molar-refractivity contribution is 0.102. The molecule has 2 aromatic rings. The van der Waals surface area contributed by atoms with Gasteiger partial charge in [0.15, 0.2) is 0 Å². The Balaban J connectivity index is 2.27. The zero-order valence-electron chi connectivity index (χ0n) is 9.52. The van der Waals surface area contributed by atoms with Crippen LogP contribution in [-0.4, -0.2) is 16.1 Å². The fourth-order valence-electron chi connectivity index (χ4n) is 1.50. The van der Waals surface area contributed by atoms with Crippen LogP contribution in [0.2, 0.25) is 0 Å². The van der Waals surface area contributed by atoms with E-state index in [1.807, 2.05) is 0 Å². The van der Waals surface area contributed by atoms with Gasteiger partial charge in [-0.25, -0.2) is 0 Å². The molecule has 6 heteroatoms. The van der Waals surface area contributed by atoms with Gasteiger partial charge in [0.05, 0.1) is 14.5 Å². The van der Waals surface area contributed by atoms with Crippen LogP contribution in [0.1, 0.15) is 10.4 Å². The highest BCUT2D eigenvalue weighted by atomic mass is 79.9. The minimum Gasteiger partial charge on any atom is -0.507 e. The third-order valence-electron chi connectivity index (χ3n) is 2.42. The topological polar surface area (TPSA) is 69.6 Å². The van der Waals surface area contributed by atoms with Crippen LogP contribution in [0.4, 0.5) is 5.69 Å². The molecule has 0 heterocycles. The van der Waals surface area contributed by atoms with E-state index >= 15 is 0 Å². The molecule has 3 N–H and O–H groups in total. The summed E-state index contributed by atoms with van der Waals surface area (Å²) in [5, 5.41) is 21.8. The van der Waals surface area contributed by atoms with Crippen molar-refractivity contribution in [3.63, 3.8) is 0 Å². The van der Waals surface area contributed by atoms with E-state index in [2.05, 4.69) is 37.2 Å². The van der Waals surface area contributed by atoms with Crippen LogP contribution in [0.15, 0.2) is 45.3 Å². The first-order valence-electron chi connectivity index (χ1n) is 5.26. The Bertz CT molecular complexity index is 621. The van der Waals surface area contributed by atoms with E-state index in [1.54, 1.807) is 24.3 Å². The van der Waals surface area contributed by atoms with Crippen LogP contribution >= 0.6 is 31.9 Å². The van der Waals surface area contributed by atoms with E-state index in [4.69, 9.17) is 0 Å². The van der Waals surface area contributed by atoms with Crippen molar-refractivity contribution in [2.75, 3.05) is 5.32 Å². The zero-order chi connectivity index (χ0) is 14.0. The van der Waals surface area contributed by atoms with Gasteiger partial charge in [0.2, 0.25) is 0 Å². The van der Waals surface area contributed by atoms with E-state index in [1.165, 1.54) is 12.1 Å². The van der Waals surface area contributed by atoms with E-state index in [9.17, 15) is 15.0 Å². The van der Waals surface area contributed by atoms with E-state index in [0.717, 1.165) is 0 Å². The molecule has 2 rings (SSSR count). The van der Waals surface area contributed by atoms with Crippen LogP contribution in [0.25, 0.3) is 0 Å². The smallest absolute Gasteiger partial charge is 0.259 e. The Morgan fingerprint density at radius 3 is 2.21 bits per heavy atom. The second kappa shape index (κ2) is 5.63. The number of hydrogen-bond donors (Lipinski definition) is 3. The molecule has 0 fully saturated rings. The fourth-order valence-corrected chi connectivity index (χ4v) is 2.69. The van der Waals surface area contributed by atoms with Crippen molar-refractivity contribution in [2.45, 2.75) is 0 Å². The zero-order valence-corrected chi connectivity index (χ0v) is 12.7. The first kappa shape index (κ1) is 13.9. The number of carbonyl (C=O) groups is 1. The van der Waals surface area contributed by atoms with Gasteiger partial charge in [0.25, 0.3) is 5.91 Å². The molecular formula is C13H9Br2NO3. The van der Waals surface area contributed by atoms with Gasteiger partial charge in [-0.2, -0.15) is 0 Å². The maximum absolute atomic E-state index is 12.0. The number of phenolic OH excluding ortho intramolecular Hbond substituents is 2. The number of para-hydroxylation sites is 1. The lowest BCUT2D eigenvalue weighted by atomic mass is 10.2. The summed E-state index contributed by atoms with van der Waals surface area (Å²) in [5.41, 5.74) is 0.674. The SMILES string of the molecule is O=C(Nc1cc(Br)c(O)c(Br)c1)c1ccccc1O. The molecule has 1 amide bonds. The highest BCUT2D eigenvalue weighted by molar-refractivity contribution is 9.11. The molecule has 0 aliphatic carbocycles. The Hall–Kier alpha value is -1.53. The molecule has 2 aromatic carbocycles. The number of benzene rings is 2. The highest BCUT2D eigenvalue weighted by Crippen LogP contribution is 2.35. The second-order valence-electron chi connectivity index (χ2n) is 3.76. The van der Waals surface area contributed by atoms with Gasteiger partial charge in [-0.3, -0.25) is 4.79 Å². The number of phenols is 2. The van der Waals surface area contributed by atoms with Crippen molar-refractivity contribution in [1.82, 2.24) is 0 Å². The molecule has 0 radical (unpaired) electrons. The molecule has 0 spiro atoms. The highest BCUT2D eigenvalue weighted by Gasteiger charge is 2.12. The number of anilines is 1. The molecule has 0 aliphatic heterocycles.